The standard InChI is InChI=1S/C7H9.C6H11.3C2H6.V/c1-5-2-6-4-7(6)3-5;1-2-4-6-5-3-1;3*1-2;/h2,4,6-7H,3H2,1H3;1H,2-6H2;3*1-2H3;/q2*-1;;;;+2/t6?,7-;;;;;/m1...../s1. The van der Waals surface area contributed by atoms with Gasteiger partial charge in [0.1, 0.15) is 0 Å². The van der Waals surface area contributed by atoms with Crippen molar-refractivity contribution in [2.75, 3.05) is 0 Å². The summed E-state index contributed by atoms with van der Waals surface area (Å²) < 4.78 is 0. The second-order valence-corrected chi connectivity index (χ2v) is 4.58. The molecule has 3 aliphatic rings. The number of allylic oxidation sites excluding steroid dienone is 2. The minimum absolute atomic E-state index is 0. The minimum Gasteiger partial charge on any atom is -0.328 e. The molecule has 3 aliphatic carbocycles. The Kier molecular flexibility index (Phi) is 24.4. The Morgan fingerprint density at radius 1 is 0.900 bits per heavy atom. The van der Waals surface area contributed by atoms with Crippen molar-refractivity contribution in [3.8, 4) is 0 Å². The molecule has 0 bridgehead atoms. The maximum absolute atomic E-state index is 2.41. The number of hydrogen-bond donors (Lipinski definition) is 0. The van der Waals surface area contributed by atoms with Gasteiger partial charge < -0.3 is 12.8 Å². The predicted octanol–water partition coefficient (Wildman–Crippen LogP) is 7.02. The fraction of sp³-hybridized carbons (Fsp3) is 0.789. The fourth-order valence-corrected chi connectivity index (χ4v) is 2.27. The summed E-state index contributed by atoms with van der Waals surface area (Å²) in [5, 5.41) is 0. The Bertz CT molecular complexity index is 180. The van der Waals surface area contributed by atoms with Gasteiger partial charge in [-0.3, -0.25) is 0 Å². The van der Waals surface area contributed by atoms with Crippen LogP contribution in [-0.2, 0) is 18.6 Å². The first kappa shape index (κ1) is 25.3. The summed E-state index contributed by atoms with van der Waals surface area (Å²) in [6.07, 6.45) is 15.6. The van der Waals surface area contributed by atoms with Gasteiger partial charge in [-0.25, -0.2) is 0 Å². The van der Waals surface area contributed by atoms with Gasteiger partial charge in [-0.2, -0.15) is 24.7 Å². The van der Waals surface area contributed by atoms with Crippen molar-refractivity contribution in [1.82, 2.24) is 0 Å². The van der Waals surface area contributed by atoms with Crippen LogP contribution in [0.25, 0.3) is 0 Å². The molecule has 0 aromatic carbocycles. The van der Waals surface area contributed by atoms with Gasteiger partial charge in [-0.05, 0) is 6.92 Å². The van der Waals surface area contributed by atoms with Gasteiger partial charge in [0.25, 0.3) is 0 Å². The minimum atomic E-state index is 0. The van der Waals surface area contributed by atoms with Crippen LogP contribution in [-0.4, -0.2) is 0 Å². The molecule has 0 nitrogen and oxygen atoms in total. The van der Waals surface area contributed by atoms with Gasteiger partial charge in [0.2, 0.25) is 0 Å². The average Bonchev–Trinajstić information content (AvgIpc) is 3.15. The maximum Gasteiger partial charge on any atom is 2.00 e. The van der Waals surface area contributed by atoms with Crippen LogP contribution in [0.3, 0.4) is 0 Å². The van der Waals surface area contributed by atoms with Crippen molar-refractivity contribution in [3.63, 3.8) is 0 Å². The molecule has 2 saturated carbocycles. The zero-order valence-corrected chi connectivity index (χ0v) is 16.5. The normalized spacial score (nSPS) is 24.1. The Balaban J connectivity index is -0.000000206. The van der Waals surface area contributed by atoms with Crippen LogP contribution in [0.1, 0.15) is 87.0 Å². The van der Waals surface area contributed by atoms with Gasteiger partial charge in [0, 0.05) is 0 Å². The van der Waals surface area contributed by atoms with Crippen molar-refractivity contribution < 1.29 is 18.6 Å². The van der Waals surface area contributed by atoms with E-state index in [1.165, 1.54) is 38.5 Å². The molecule has 119 valence electrons. The molecule has 1 heteroatoms. The summed E-state index contributed by atoms with van der Waals surface area (Å²) in [6.45, 7) is 14.2. The SMILES string of the molecule is CC.CC.CC.CC1=CC2[CH-][C@H]2C1.[CH-]1CCCCC1.[V+2]. The molecule has 3 rings (SSSR count). The van der Waals surface area contributed by atoms with E-state index >= 15 is 0 Å². The largest absolute Gasteiger partial charge is 2.00 e. The topological polar surface area (TPSA) is 0 Å². The molecule has 1 unspecified atom stereocenters. The third-order valence-electron chi connectivity index (χ3n) is 3.17. The summed E-state index contributed by atoms with van der Waals surface area (Å²) in [5.41, 5.74) is 1.59. The van der Waals surface area contributed by atoms with Gasteiger partial charge in [0.15, 0.2) is 0 Å². The van der Waals surface area contributed by atoms with Crippen LogP contribution >= 0.6 is 0 Å². The van der Waals surface area contributed by atoms with Crippen molar-refractivity contribution in [2.45, 2.75) is 87.0 Å². The summed E-state index contributed by atoms with van der Waals surface area (Å²) in [5.74, 6) is 1.87. The van der Waals surface area contributed by atoms with E-state index in [0.29, 0.717) is 0 Å². The van der Waals surface area contributed by atoms with Crippen molar-refractivity contribution in [3.05, 3.63) is 24.5 Å². The molecular weight excluding hydrogens is 279 g/mol. The maximum atomic E-state index is 2.41. The van der Waals surface area contributed by atoms with E-state index in [0.717, 1.165) is 11.8 Å². The van der Waals surface area contributed by atoms with Gasteiger partial charge in [-0.1, -0.05) is 72.8 Å². The van der Waals surface area contributed by atoms with Gasteiger partial charge in [-0.15, -0.1) is 6.08 Å². The number of rotatable bonds is 0. The van der Waals surface area contributed by atoms with E-state index < -0.39 is 0 Å². The van der Waals surface area contributed by atoms with Crippen LogP contribution in [0.5, 0.6) is 0 Å². The van der Waals surface area contributed by atoms with E-state index in [1.807, 2.05) is 41.5 Å². The molecule has 0 heterocycles. The Morgan fingerprint density at radius 3 is 1.55 bits per heavy atom. The van der Waals surface area contributed by atoms with Crippen molar-refractivity contribution in [1.29, 1.82) is 0 Å². The molecule has 0 aromatic rings. The first-order valence-electron chi connectivity index (χ1n) is 8.70. The summed E-state index contributed by atoms with van der Waals surface area (Å²) in [4.78, 5) is 0. The molecule has 0 spiro atoms. The molecule has 2 atom stereocenters. The zero-order chi connectivity index (χ0) is 15.1. The summed E-state index contributed by atoms with van der Waals surface area (Å²) >= 11 is 0. The van der Waals surface area contributed by atoms with Crippen molar-refractivity contribution >= 4 is 0 Å². The van der Waals surface area contributed by atoms with E-state index in [2.05, 4.69) is 25.8 Å². The first-order chi connectivity index (χ1) is 9.36. The van der Waals surface area contributed by atoms with Crippen LogP contribution in [0.4, 0.5) is 0 Å². The van der Waals surface area contributed by atoms with Gasteiger partial charge >= 0.3 is 18.6 Å². The Labute approximate surface area is 142 Å². The third-order valence-corrected chi connectivity index (χ3v) is 3.17. The van der Waals surface area contributed by atoms with Crippen LogP contribution < -0.4 is 0 Å². The fourth-order valence-electron chi connectivity index (χ4n) is 2.27. The van der Waals surface area contributed by atoms with Crippen LogP contribution in [0, 0.1) is 24.7 Å². The Hall–Kier alpha value is 0.324. The Morgan fingerprint density at radius 2 is 1.40 bits per heavy atom. The second kappa shape index (κ2) is 19.3. The van der Waals surface area contributed by atoms with E-state index in [9.17, 15) is 0 Å². The molecule has 20 heavy (non-hydrogen) atoms. The van der Waals surface area contributed by atoms with E-state index in [1.54, 1.807) is 5.57 Å². The number of hydrogen-bond acceptors (Lipinski definition) is 0. The average molecular weight is 317 g/mol. The monoisotopic (exact) mass is 317 g/mol. The predicted molar refractivity (Wildman–Crippen MR) is 91.1 cm³/mol. The number of fused-ring (bicyclic) bond motifs is 1. The molecule has 0 aliphatic heterocycles. The first-order valence-corrected chi connectivity index (χ1v) is 8.70. The molecule has 0 aromatic heterocycles. The van der Waals surface area contributed by atoms with Crippen LogP contribution in [0.15, 0.2) is 11.6 Å². The second-order valence-electron chi connectivity index (χ2n) is 4.58. The summed E-state index contributed by atoms with van der Waals surface area (Å²) in [7, 11) is 0. The molecule has 0 N–H and O–H groups in total. The van der Waals surface area contributed by atoms with Gasteiger partial charge in [0.05, 0.1) is 0 Å². The smallest absolute Gasteiger partial charge is 0.328 e. The van der Waals surface area contributed by atoms with Crippen molar-refractivity contribution in [2.24, 2.45) is 11.8 Å². The third kappa shape index (κ3) is 13.3. The molecule has 0 saturated heterocycles. The molecule has 1 radical (unpaired) electrons. The summed E-state index contributed by atoms with van der Waals surface area (Å²) in [6, 6.07) is 0. The van der Waals surface area contributed by atoms with E-state index in [4.69, 9.17) is 0 Å². The van der Waals surface area contributed by atoms with E-state index in [-0.39, 0.29) is 18.6 Å². The molecular formula is C19H38V. The molecule has 2 fully saturated rings. The quantitative estimate of drug-likeness (QED) is 0.333. The zero-order valence-electron chi connectivity index (χ0n) is 15.1. The molecule has 0 amide bonds. The van der Waals surface area contributed by atoms with Crippen LogP contribution in [0.2, 0.25) is 0 Å².